The summed E-state index contributed by atoms with van der Waals surface area (Å²) in [6.07, 6.45) is 10.6. The van der Waals surface area contributed by atoms with Crippen LogP contribution in [-0.4, -0.2) is 47.0 Å². The lowest BCUT2D eigenvalue weighted by Gasteiger charge is -2.37. The van der Waals surface area contributed by atoms with E-state index in [9.17, 15) is 14.4 Å². The third-order valence-electron chi connectivity index (χ3n) is 8.18. The Kier molecular flexibility index (Phi) is 14.2. The zero-order chi connectivity index (χ0) is 30.6. The van der Waals surface area contributed by atoms with Gasteiger partial charge in [0, 0.05) is 12.6 Å². The summed E-state index contributed by atoms with van der Waals surface area (Å²) < 4.78 is 5.55. The molecule has 7 nitrogen and oxygen atoms in total. The Hall–Kier alpha value is -2.57. The molecular formula is C34H57N3O4. The van der Waals surface area contributed by atoms with Crippen LogP contribution in [0.25, 0.3) is 0 Å². The van der Waals surface area contributed by atoms with Gasteiger partial charge in [0.15, 0.2) is 0 Å². The van der Waals surface area contributed by atoms with E-state index in [0.29, 0.717) is 13.0 Å². The predicted molar refractivity (Wildman–Crippen MR) is 167 cm³/mol. The number of alkyl carbamates (subject to hydrolysis) is 1. The third kappa shape index (κ3) is 11.3. The van der Waals surface area contributed by atoms with Gasteiger partial charge in [-0.2, -0.15) is 0 Å². The Balaban J connectivity index is 2.53. The molecule has 7 heteroatoms. The molecule has 2 rings (SSSR count). The molecule has 0 saturated heterocycles. The van der Waals surface area contributed by atoms with Gasteiger partial charge in [-0.1, -0.05) is 95.9 Å². The van der Waals surface area contributed by atoms with Crippen LogP contribution in [0, 0.1) is 19.8 Å². The molecule has 1 saturated carbocycles. The molecule has 41 heavy (non-hydrogen) atoms. The van der Waals surface area contributed by atoms with Gasteiger partial charge in [-0.3, -0.25) is 9.59 Å². The van der Waals surface area contributed by atoms with E-state index in [1.54, 1.807) is 25.7 Å². The summed E-state index contributed by atoms with van der Waals surface area (Å²) in [7, 11) is 0. The number of nitrogens with one attached hydrogen (secondary N) is 2. The second kappa shape index (κ2) is 16.8. The minimum atomic E-state index is -0.805. The van der Waals surface area contributed by atoms with Crippen LogP contribution in [0.3, 0.4) is 0 Å². The molecule has 232 valence electrons. The first-order valence-corrected chi connectivity index (χ1v) is 16.0. The Morgan fingerprint density at radius 3 is 2.27 bits per heavy atom. The predicted octanol–water partition coefficient (Wildman–Crippen LogP) is 7.53. The maximum Gasteiger partial charge on any atom is 0.408 e. The molecule has 0 radical (unpaired) electrons. The van der Waals surface area contributed by atoms with Crippen LogP contribution >= 0.6 is 0 Å². The number of rotatable bonds is 14. The Morgan fingerprint density at radius 1 is 1.00 bits per heavy atom. The lowest BCUT2D eigenvalue weighted by molar-refractivity contribution is -0.144. The van der Waals surface area contributed by atoms with Crippen molar-refractivity contribution in [3.05, 3.63) is 34.9 Å². The maximum atomic E-state index is 14.5. The van der Waals surface area contributed by atoms with Crippen LogP contribution in [0.15, 0.2) is 18.2 Å². The van der Waals surface area contributed by atoms with Gasteiger partial charge in [0.2, 0.25) is 11.8 Å². The number of amides is 3. The van der Waals surface area contributed by atoms with Crippen molar-refractivity contribution in [1.29, 1.82) is 0 Å². The van der Waals surface area contributed by atoms with Gasteiger partial charge in [0.1, 0.15) is 17.7 Å². The normalized spacial score (nSPS) is 16.4. The lowest BCUT2D eigenvalue weighted by atomic mass is 9.92. The summed E-state index contributed by atoms with van der Waals surface area (Å²) in [6, 6.07) is 4.65. The Bertz CT molecular complexity index is 981. The molecule has 1 aromatic rings. The molecule has 1 aliphatic carbocycles. The van der Waals surface area contributed by atoms with E-state index in [0.717, 1.165) is 74.5 Å². The number of carbonyl (C=O) groups excluding carboxylic acids is 3. The average Bonchev–Trinajstić information content (AvgIpc) is 2.91. The molecule has 2 N–H and O–H groups in total. The number of aryl methyl sites for hydroxylation is 2. The van der Waals surface area contributed by atoms with Crippen molar-refractivity contribution in [2.24, 2.45) is 5.92 Å². The van der Waals surface area contributed by atoms with Crippen LogP contribution in [-0.2, 0) is 14.3 Å². The van der Waals surface area contributed by atoms with Crippen molar-refractivity contribution in [3.63, 3.8) is 0 Å². The highest BCUT2D eigenvalue weighted by molar-refractivity contribution is 5.92. The summed E-state index contributed by atoms with van der Waals surface area (Å²) in [5.74, 6) is -0.503. The summed E-state index contributed by atoms with van der Waals surface area (Å²) >= 11 is 0. The first-order valence-electron chi connectivity index (χ1n) is 16.0. The van der Waals surface area contributed by atoms with Crippen molar-refractivity contribution < 1.29 is 19.1 Å². The Labute approximate surface area is 249 Å². The number of hydrogen-bond acceptors (Lipinski definition) is 4. The topological polar surface area (TPSA) is 87.7 Å². The molecule has 1 fully saturated rings. The van der Waals surface area contributed by atoms with Crippen LogP contribution in [0.2, 0.25) is 0 Å². The fourth-order valence-corrected chi connectivity index (χ4v) is 5.58. The summed E-state index contributed by atoms with van der Waals surface area (Å²) in [6.45, 7) is 16.0. The molecule has 0 aromatic heterocycles. The second-order valence-electron chi connectivity index (χ2n) is 13.1. The summed E-state index contributed by atoms with van der Waals surface area (Å²) in [5.41, 5.74) is 2.18. The van der Waals surface area contributed by atoms with Gasteiger partial charge in [-0.15, -0.1) is 0 Å². The fraction of sp³-hybridized carbons (Fsp3) is 0.735. The van der Waals surface area contributed by atoms with E-state index < -0.39 is 23.8 Å². The van der Waals surface area contributed by atoms with Gasteiger partial charge in [0.05, 0.1) is 0 Å². The highest BCUT2D eigenvalue weighted by Crippen LogP contribution is 2.29. The maximum absolute atomic E-state index is 14.5. The summed E-state index contributed by atoms with van der Waals surface area (Å²) in [5, 5.41) is 6.20. The molecule has 0 aliphatic heterocycles. The van der Waals surface area contributed by atoms with E-state index in [1.165, 1.54) is 6.42 Å². The van der Waals surface area contributed by atoms with Crippen molar-refractivity contribution >= 4 is 17.9 Å². The van der Waals surface area contributed by atoms with Crippen LogP contribution < -0.4 is 10.6 Å². The fourth-order valence-electron chi connectivity index (χ4n) is 5.58. The van der Waals surface area contributed by atoms with Crippen molar-refractivity contribution in [1.82, 2.24) is 15.5 Å². The number of hydrogen-bond donors (Lipinski definition) is 2. The first kappa shape index (κ1) is 34.6. The van der Waals surface area contributed by atoms with E-state index in [2.05, 4.69) is 17.6 Å². The molecule has 3 atom stereocenters. The van der Waals surface area contributed by atoms with Gasteiger partial charge in [-0.05, 0) is 70.9 Å². The SMILES string of the molecule is CCCCCCCN(C(=O)C(NC(=O)OC(C)(C)C)C(C)CC)C(C(=O)NC1CCCCC1)c1cc(C)ccc1C. The number of benzene rings is 1. The quantitative estimate of drug-likeness (QED) is 0.226. The molecule has 0 heterocycles. The smallest absolute Gasteiger partial charge is 0.408 e. The molecule has 0 spiro atoms. The van der Waals surface area contributed by atoms with Gasteiger partial charge in [-0.25, -0.2) is 4.79 Å². The van der Waals surface area contributed by atoms with Gasteiger partial charge in [0.25, 0.3) is 0 Å². The van der Waals surface area contributed by atoms with Crippen molar-refractivity contribution in [3.8, 4) is 0 Å². The molecule has 3 unspecified atom stereocenters. The standard InChI is InChI=1S/C34H57N3O4/c1-9-11-12-13-17-22-37(32(39)29(25(4)10-2)36-33(40)41-34(6,7)8)30(28-23-24(3)20-21-26(28)5)31(38)35-27-18-15-14-16-19-27/h20-21,23,25,27,29-30H,9-19,22H2,1-8H3,(H,35,38)(H,36,40). The van der Waals surface area contributed by atoms with E-state index >= 15 is 0 Å². The lowest BCUT2D eigenvalue weighted by Crippen LogP contribution is -2.56. The van der Waals surface area contributed by atoms with Crippen molar-refractivity contribution in [2.45, 2.75) is 150 Å². The summed E-state index contributed by atoms with van der Waals surface area (Å²) in [4.78, 5) is 43.4. The second-order valence-corrected chi connectivity index (χ2v) is 13.1. The van der Waals surface area contributed by atoms with Gasteiger partial charge < -0.3 is 20.3 Å². The van der Waals surface area contributed by atoms with Gasteiger partial charge >= 0.3 is 6.09 Å². The average molecular weight is 572 g/mol. The van der Waals surface area contributed by atoms with Crippen LogP contribution in [0.1, 0.15) is 135 Å². The van der Waals surface area contributed by atoms with E-state index in [4.69, 9.17) is 4.74 Å². The minimum absolute atomic E-state index is 0.121. The highest BCUT2D eigenvalue weighted by Gasteiger charge is 2.39. The molecule has 0 bridgehead atoms. The number of nitrogens with zero attached hydrogens (tertiary/aromatic N) is 1. The number of unbranched alkanes of at least 4 members (excludes halogenated alkanes) is 4. The highest BCUT2D eigenvalue weighted by atomic mass is 16.6. The first-order chi connectivity index (χ1) is 19.4. The number of carbonyl (C=O) groups is 3. The molecule has 1 aromatic carbocycles. The van der Waals surface area contributed by atoms with E-state index in [1.807, 2.05) is 45.9 Å². The monoisotopic (exact) mass is 571 g/mol. The number of ether oxygens (including phenoxy) is 1. The van der Waals surface area contributed by atoms with Crippen molar-refractivity contribution in [2.75, 3.05) is 6.54 Å². The van der Waals surface area contributed by atoms with Crippen LogP contribution in [0.5, 0.6) is 0 Å². The molecular weight excluding hydrogens is 514 g/mol. The minimum Gasteiger partial charge on any atom is -0.444 e. The Morgan fingerprint density at radius 2 is 1.66 bits per heavy atom. The van der Waals surface area contributed by atoms with E-state index in [-0.39, 0.29) is 23.8 Å². The molecule has 1 aliphatic rings. The largest absolute Gasteiger partial charge is 0.444 e. The zero-order valence-corrected chi connectivity index (χ0v) is 27.1. The third-order valence-corrected chi connectivity index (χ3v) is 8.18. The zero-order valence-electron chi connectivity index (χ0n) is 27.1. The van der Waals surface area contributed by atoms with Crippen LogP contribution in [0.4, 0.5) is 4.79 Å². The molecule has 3 amide bonds.